The standard InChI is InChI=1S/C15H17ClN2S/c16-14-7-6-13(19-14)10-17-9-12-4-1-3-11-5-2-8-18-15(11)12/h1,3-4,6-7,17-18H,2,5,8-10H2. The predicted octanol–water partition coefficient (Wildman–Crippen LogP) is 4.05. The highest BCUT2D eigenvalue weighted by atomic mass is 35.5. The van der Waals surface area contributed by atoms with Gasteiger partial charge in [0.05, 0.1) is 4.34 Å². The number of hydrogen-bond acceptors (Lipinski definition) is 3. The summed E-state index contributed by atoms with van der Waals surface area (Å²) in [4.78, 5) is 1.28. The van der Waals surface area contributed by atoms with Crippen molar-refractivity contribution < 1.29 is 0 Å². The molecule has 0 saturated heterocycles. The fourth-order valence-electron chi connectivity index (χ4n) is 2.50. The molecule has 2 aromatic rings. The van der Waals surface area contributed by atoms with Crippen LogP contribution in [-0.2, 0) is 19.5 Å². The van der Waals surface area contributed by atoms with Gasteiger partial charge in [-0.25, -0.2) is 0 Å². The molecule has 0 atom stereocenters. The number of benzene rings is 1. The van der Waals surface area contributed by atoms with Crippen LogP contribution in [0.2, 0.25) is 4.34 Å². The maximum atomic E-state index is 5.93. The smallest absolute Gasteiger partial charge is 0.0931 e. The summed E-state index contributed by atoms with van der Waals surface area (Å²) in [6.07, 6.45) is 2.42. The van der Waals surface area contributed by atoms with Crippen molar-refractivity contribution in [2.24, 2.45) is 0 Å². The number of para-hydroxylation sites is 1. The van der Waals surface area contributed by atoms with Crippen LogP contribution < -0.4 is 10.6 Å². The van der Waals surface area contributed by atoms with E-state index in [9.17, 15) is 0 Å². The Balaban J connectivity index is 1.64. The summed E-state index contributed by atoms with van der Waals surface area (Å²) in [6.45, 7) is 2.86. The van der Waals surface area contributed by atoms with Gasteiger partial charge in [0.15, 0.2) is 0 Å². The molecule has 3 rings (SSSR count). The Morgan fingerprint density at radius 2 is 2.16 bits per heavy atom. The Morgan fingerprint density at radius 1 is 1.21 bits per heavy atom. The lowest BCUT2D eigenvalue weighted by molar-refractivity contribution is 0.697. The first kappa shape index (κ1) is 13.0. The maximum absolute atomic E-state index is 5.93. The molecule has 0 fully saturated rings. The van der Waals surface area contributed by atoms with Crippen molar-refractivity contribution in [1.29, 1.82) is 0 Å². The zero-order valence-electron chi connectivity index (χ0n) is 10.7. The van der Waals surface area contributed by atoms with E-state index in [1.165, 1.54) is 34.5 Å². The van der Waals surface area contributed by atoms with Gasteiger partial charge in [0, 0.05) is 30.2 Å². The van der Waals surface area contributed by atoms with E-state index in [2.05, 4.69) is 34.9 Å². The molecule has 0 spiro atoms. The molecule has 0 bridgehead atoms. The number of halogens is 1. The molecule has 19 heavy (non-hydrogen) atoms. The molecule has 1 aliphatic rings. The lowest BCUT2D eigenvalue weighted by atomic mass is 9.99. The van der Waals surface area contributed by atoms with Crippen LogP contribution in [0.3, 0.4) is 0 Å². The third-order valence-corrected chi connectivity index (χ3v) is 4.64. The van der Waals surface area contributed by atoms with Crippen molar-refractivity contribution in [3.8, 4) is 0 Å². The van der Waals surface area contributed by atoms with E-state index in [1.54, 1.807) is 11.3 Å². The molecule has 0 amide bonds. The maximum Gasteiger partial charge on any atom is 0.0931 e. The second-order valence-corrected chi connectivity index (χ2v) is 6.59. The molecule has 1 aromatic carbocycles. The van der Waals surface area contributed by atoms with Gasteiger partial charge in [-0.1, -0.05) is 29.8 Å². The fourth-order valence-corrected chi connectivity index (χ4v) is 3.55. The van der Waals surface area contributed by atoms with Crippen molar-refractivity contribution in [3.05, 3.63) is 50.7 Å². The topological polar surface area (TPSA) is 24.1 Å². The quantitative estimate of drug-likeness (QED) is 0.888. The molecule has 1 aromatic heterocycles. The molecule has 0 aliphatic carbocycles. The Labute approximate surface area is 122 Å². The molecule has 1 aliphatic heterocycles. The first-order chi connectivity index (χ1) is 9.33. The monoisotopic (exact) mass is 292 g/mol. The number of hydrogen-bond donors (Lipinski definition) is 2. The molecule has 2 N–H and O–H groups in total. The number of fused-ring (bicyclic) bond motifs is 1. The third-order valence-electron chi connectivity index (χ3n) is 3.41. The van der Waals surface area contributed by atoms with Crippen LogP contribution in [0.25, 0.3) is 0 Å². The molecule has 0 unspecified atom stereocenters. The number of aryl methyl sites for hydroxylation is 1. The lowest BCUT2D eigenvalue weighted by Gasteiger charge is -2.21. The predicted molar refractivity (Wildman–Crippen MR) is 83.1 cm³/mol. The first-order valence-corrected chi connectivity index (χ1v) is 7.82. The highest BCUT2D eigenvalue weighted by molar-refractivity contribution is 7.16. The highest BCUT2D eigenvalue weighted by Crippen LogP contribution is 2.26. The Bertz CT molecular complexity index is 565. The molecule has 2 nitrogen and oxygen atoms in total. The summed E-state index contributed by atoms with van der Waals surface area (Å²) >= 11 is 7.57. The van der Waals surface area contributed by atoms with Gasteiger partial charge >= 0.3 is 0 Å². The third kappa shape index (κ3) is 3.11. The van der Waals surface area contributed by atoms with Gasteiger partial charge in [-0.2, -0.15) is 0 Å². The molecule has 2 heterocycles. The largest absolute Gasteiger partial charge is 0.385 e. The second kappa shape index (κ2) is 5.95. The van der Waals surface area contributed by atoms with Crippen molar-refractivity contribution >= 4 is 28.6 Å². The summed E-state index contributed by atoms with van der Waals surface area (Å²) in [5.41, 5.74) is 4.15. The number of thiophene rings is 1. The van der Waals surface area contributed by atoms with Gasteiger partial charge in [-0.15, -0.1) is 11.3 Å². The van der Waals surface area contributed by atoms with Crippen LogP contribution in [0.15, 0.2) is 30.3 Å². The Morgan fingerprint density at radius 3 is 3.00 bits per heavy atom. The zero-order valence-corrected chi connectivity index (χ0v) is 12.3. The summed E-state index contributed by atoms with van der Waals surface area (Å²) < 4.78 is 0.857. The van der Waals surface area contributed by atoms with E-state index < -0.39 is 0 Å². The number of rotatable bonds is 4. The summed E-state index contributed by atoms with van der Waals surface area (Å²) in [5.74, 6) is 0. The van der Waals surface area contributed by atoms with E-state index in [4.69, 9.17) is 11.6 Å². The van der Waals surface area contributed by atoms with Crippen LogP contribution in [0.1, 0.15) is 22.4 Å². The summed E-state index contributed by atoms with van der Waals surface area (Å²) in [5, 5.41) is 7.02. The Hall–Kier alpha value is -1.03. The van der Waals surface area contributed by atoms with Gasteiger partial charge in [-0.05, 0) is 36.1 Å². The first-order valence-electron chi connectivity index (χ1n) is 6.62. The van der Waals surface area contributed by atoms with E-state index in [1.807, 2.05) is 6.07 Å². The van der Waals surface area contributed by atoms with E-state index in [-0.39, 0.29) is 0 Å². The molecule has 100 valence electrons. The van der Waals surface area contributed by atoms with Crippen molar-refractivity contribution in [1.82, 2.24) is 5.32 Å². The molecular formula is C15H17ClN2S. The van der Waals surface area contributed by atoms with Gasteiger partial charge in [0.2, 0.25) is 0 Å². The van der Waals surface area contributed by atoms with Gasteiger partial charge in [0.1, 0.15) is 0 Å². The molecule has 0 radical (unpaired) electrons. The van der Waals surface area contributed by atoms with E-state index in [0.717, 1.165) is 24.0 Å². The van der Waals surface area contributed by atoms with Gasteiger partial charge < -0.3 is 10.6 Å². The lowest BCUT2D eigenvalue weighted by Crippen LogP contribution is -2.17. The number of nitrogens with one attached hydrogen (secondary N) is 2. The van der Waals surface area contributed by atoms with Crippen LogP contribution in [0, 0.1) is 0 Å². The molecule has 4 heteroatoms. The van der Waals surface area contributed by atoms with Crippen molar-refractivity contribution in [3.63, 3.8) is 0 Å². The van der Waals surface area contributed by atoms with E-state index >= 15 is 0 Å². The Kier molecular flexibility index (Phi) is 4.06. The highest BCUT2D eigenvalue weighted by Gasteiger charge is 2.11. The minimum atomic E-state index is 0.857. The van der Waals surface area contributed by atoms with Crippen LogP contribution in [-0.4, -0.2) is 6.54 Å². The van der Waals surface area contributed by atoms with Crippen LogP contribution >= 0.6 is 22.9 Å². The van der Waals surface area contributed by atoms with Crippen LogP contribution in [0.5, 0.6) is 0 Å². The fraction of sp³-hybridized carbons (Fsp3) is 0.333. The average Bonchev–Trinajstić information content (AvgIpc) is 2.85. The SMILES string of the molecule is Clc1ccc(CNCc2cccc3c2NCCC3)s1. The number of anilines is 1. The minimum Gasteiger partial charge on any atom is -0.385 e. The minimum absolute atomic E-state index is 0.857. The van der Waals surface area contributed by atoms with E-state index in [0.29, 0.717) is 0 Å². The van der Waals surface area contributed by atoms with Gasteiger partial charge in [-0.3, -0.25) is 0 Å². The van der Waals surface area contributed by atoms with Crippen LogP contribution in [0.4, 0.5) is 5.69 Å². The second-order valence-electron chi connectivity index (χ2n) is 4.79. The average molecular weight is 293 g/mol. The zero-order chi connectivity index (χ0) is 13.1. The van der Waals surface area contributed by atoms with Crippen molar-refractivity contribution in [2.75, 3.05) is 11.9 Å². The molecule has 0 saturated carbocycles. The summed E-state index contributed by atoms with van der Waals surface area (Å²) in [7, 11) is 0. The van der Waals surface area contributed by atoms with Crippen molar-refractivity contribution in [2.45, 2.75) is 25.9 Å². The molecular weight excluding hydrogens is 276 g/mol. The normalized spacial score (nSPS) is 13.9. The summed E-state index contributed by atoms with van der Waals surface area (Å²) in [6, 6.07) is 10.6. The van der Waals surface area contributed by atoms with Gasteiger partial charge in [0.25, 0.3) is 0 Å².